The molecule has 1 aromatic carbocycles. The number of hydrogen-bond acceptors (Lipinski definition) is 2. The van der Waals surface area contributed by atoms with Crippen molar-refractivity contribution in [3.05, 3.63) is 35.6 Å². The largest absolute Gasteiger partial charge is 0.481 e. The second-order valence-electron chi connectivity index (χ2n) is 3.98. The zero-order valence-electron chi connectivity index (χ0n) is 9.19. The summed E-state index contributed by atoms with van der Waals surface area (Å²) < 4.78 is 5.30. The molecule has 0 bridgehead atoms. The average Bonchev–Trinajstić information content (AvgIpc) is 2.64. The zero-order valence-corrected chi connectivity index (χ0v) is 9.19. The first kappa shape index (κ1) is 10.7. The molecule has 0 saturated heterocycles. The van der Waals surface area contributed by atoms with E-state index in [1.807, 2.05) is 19.1 Å². The molecule has 2 aromatic rings. The maximum atomic E-state index is 10.4. The van der Waals surface area contributed by atoms with Gasteiger partial charge in [-0.1, -0.05) is 0 Å². The molecule has 0 radical (unpaired) electrons. The Hall–Kier alpha value is -1.77. The van der Waals surface area contributed by atoms with Gasteiger partial charge in [0.05, 0.1) is 6.26 Å². The number of aryl methyl sites for hydroxylation is 2. The Labute approximate surface area is 93.7 Å². The van der Waals surface area contributed by atoms with Gasteiger partial charge in [0, 0.05) is 11.8 Å². The summed E-state index contributed by atoms with van der Waals surface area (Å²) in [6.45, 7) is 2.03. The highest BCUT2D eigenvalue weighted by molar-refractivity contribution is 5.78. The van der Waals surface area contributed by atoms with Crippen molar-refractivity contribution >= 4 is 16.9 Å². The lowest BCUT2D eigenvalue weighted by Crippen LogP contribution is -1.97. The maximum Gasteiger partial charge on any atom is 0.303 e. The third kappa shape index (κ3) is 2.24. The maximum absolute atomic E-state index is 10.4. The number of furan rings is 1. The topological polar surface area (TPSA) is 50.4 Å². The van der Waals surface area contributed by atoms with Crippen LogP contribution in [0.4, 0.5) is 0 Å². The summed E-state index contributed by atoms with van der Waals surface area (Å²) in [7, 11) is 0. The normalized spacial score (nSPS) is 10.8. The lowest BCUT2D eigenvalue weighted by atomic mass is 10.0. The first-order chi connectivity index (χ1) is 7.66. The minimum atomic E-state index is -0.734. The van der Waals surface area contributed by atoms with E-state index in [9.17, 15) is 4.79 Å². The molecule has 84 valence electrons. The molecule has 0 aliphatic carbocycles. The van der Waals surface area contributed by atoms with Gasteiger partial charge in [0.15, 0.2) is 0 Å². The number of fused-ring (bicyclic) bond motifs is 1. The summed E-state index contributed by atoms with van der Waals surface area (Å²) in [5, 5.41) is 9.66. The standard InChI is InChI=1S/C13H14O3/c1-9-7-12-11(5-6-16-12)8-10(9)3-2-4-13(14)15/h5-8H,2-4H2,1H3,(H,14,15). The van der Waals surface area contributed by atoms with Crippen LogP contribution in [-0.4, -0.2) is 11.1 Å². The molecule has 0 amide bonds. The fraction of sp³-hybridized carbons (Fsp3) is 0.308. The van der Waals surface area contributed by atoms with Crippen LogP contribution in [0.2, 0.25) is 0 Å². The van der Waals surface area contributed by atoms with Gasteiger partial charge in [-0.25, -0.2) is 0 Å². The van der Waals surface area contributed by atoms with Crippen molar-refractivity contribution in [2.75, 3.05) is 0 Å². The fourth-order valence-corrected chi connectivity index (χ4v) is 1.86. The lowest BCUT2D eigenvalue weighted by molar-refractivity contribution is -0.137. The van der Waals surface area contributed by atoms with Gasteiger partial charge in [-0.2, -0.15) is 0 Å². The first-order valence-electron chi connectivity index (χ1n) is 5.35. The number of benzene rings is 1. The third-order valence-corrected chi connectivity index (χ3v) is 2.75. The van der Waals surface area contributed by atoms with Crippen molar-refractivity contribution in [1.29, 1.82) is 0 Å². The van der Waals surface area contributed by atoms with E-state index in [1.165, 1.54) is 5.56 Å². The molecule has 1 N–H and O–H groups in total. The summed E-state index contributed by atoms with van der Waals surface area (Å²) in [5.41, 5.74) is 3.25. The molecule has 3 nitrogen and oxygen atoms in total. The van der Waals surface area contributed by atoms with Gasteiger partial charge in [-0.05, 0) is 49.1 Å². The van der Waals surface area contributed by atoms with Crippen LogP contribution in [-0.2, 0) is 11.2 Å². The van der Waals surface area contributed by atoms with E-state index >= 15 is 0 Å². The van der Waals surface area contributed by atoms with Gasteiger partial charge in [0.25, 0.3) is 0 Å². The minimum absolute atomic E-state index is 0.225. The number of carboxylic acids is 1. The predicted molar refractivity (Wildman–Crippen MR) is 61.5 cm³/mol. The van der Waals surface area contributed by atoms with Crippen LogP contribution in [0.15, 0.2) is 28.9 Å². The smallest absolute Gasteiger partial charge is 0.303 e. The van der Waals surface area contributed by atoms with Gasteiger partial charge in [-0.15, -0.1) is 0 Å². The molecule has 0 atom stereocenters. The van der Waals surface area contributed by atoms with Crippen LogP contribution in [0.5, 0.6) is 0 Å². The van der Waals surface area contributed by atoms with Crippen molar-refractivity contribution < 1.29 is 14.3 Å². The van der Waals surface area contributed by atoms with Gasteiger partial charge >= 0.3 is 5.97 Å². The van der Waals surface area contributed by atoms with Crippen LogP contribution >= 0.6 is 0 Å². The van der Waals surface area contributed by atoms with E-state index in [1.54, 1.807) is 6.26 Å². The Morgan fingerprint density at radius 1 is 1.44 bits per heavy atom. The quantitative estimate of drug-likeness (QED) is 0.857. The van der Waals surface area contributed by atoms with Crippen LogP contribution in [0.25, 0.3) is 11.0 Å². The number of hydrogen-bond donors (Lipinski definition) is 1. The van der Waals surface area contributed by atoms with Crippen molar-refractivity contribution in [2.45, 2.75) is 26.2 Å². The van der Waals surface area contributed by atoms with Crippen LogP contribution in [0, 0.1) is 6.92 Å². The summed E-state index contributed by atoms with van der Waals surface area (Å²) in [6.07, 6.45) is 3.38. The average molecular weight is 218 g/mol. The van der Waals surface area contributed by atoms with E-state index < -0.39 is 5.97 Å². The molecule has 0 saturated carbocycles. The zero-order chi connectivity index (χ0) is 11.5. The second kappa shape index (κ2) is 4.39. The molecule has 0 aliphatic rings. The predicted octanol–water partition coefficient (Wildman–Crippen LogP) is 3.15. The van der Waals surface area contributed by atoms with E-state index in [0.717, 1.165) is 23.0 Å². The van der Waals surface area contributed by atoms with Crippen molar-refractivity contribution in [3.8, 4) is 0 Å². The number of carbonyl (C=O) groups is 1. The highest BCUT2D eigenvalue weighted by atomic mass is 16.4. The molecular formula is C13H14O3. The van der Waals surface area contributed by atoms with Crippen molar-refractivity contribution in [3.63, 3.8) is 0 Å². The Kier molecular flexibility index (Phi) is 2.95. The highest BCUT2D eigenvalue weighted by Crippen LogP contribution is 2.21. The Balaban J connectivity index is 2.16. The van der Waals surface area contributed by atoms with Crippen LogP contribution in [0.1, 0.15) is 24.0 Å². The number of aliphatic carboxylic acids is 1. The first-order valence-corrected chi connectivity index (χ1v) is 5.35. The molecule has 0 fully saturated rings. The Morgan fingerprint density at radius 2 is 2.25 bits per heavy atom. The molecule has 16 heavy (non-hydrogen) atoms. The highest BCUT2D eigenvalue weighted by Gasteiger charge is 2.05. The summed E-state index contributed by atoms with van der Waals surface area (Å²) in [4.78, 5) is 10.4. The molecule has 0 aliphatic heterocycles. The SMILES string of the molecule is Cc1cc2occc2cc1CCCC(=O)O. The Bertz CT molecular complexity index is 511. The fourth-order valence-electron chi connectivity index (χ4n) is 1.86. The van der Waals surface area contributed by atoms with Gasteiger partial charge in [-0.3, -0.25) is 4.79 Å². The van der Waals surface area contributed by atoms with E-state index in [4.69, 9.17) is 9.52 Å². The summed E-state index contributed by atoms with van der Waals surface area (Å²) in [5.74, 6) is -0.734. The summed E-state index contributed by atoms with van der Waals surface area (Å²) in [6, 6.07) is 6.01. The van der Waals surface area contributed by atoms with Gasteiger partial charge in [0.1, 0.15) is 5.58 Å². The molecule has 0 spiro atoms. The van der Waals surface area contributed by atoms with E-state index in [2.05, 4.69) is 6.07 Å². The molecule has 1 aromatic heterocycles. The second-order valence-corrected chi connectivity index (χ2v) is 3.98. The lowest BCUT2D eigenvalue weighted by Gasteiger charge is -2.04. The van der Waals surface area contributed by atoms with E-state index in [0.29, 0.717) is 6.42 Å². The summed E-state index contributed by atoms with van der Waals surface area (Å²) >= 11 is 0. The van der Waals surface area contributed by atoms with Crippen molar-refractivity contribution in [2.24, 2.45) is 0 Å². The molecule has 2 rings (SSSR count). The van der Waals surface area contributed by atoms with Crippen LogP contribution < -0.4 is 0 Å². The number of rotatable bonds is 4. The van der Waals surface area contributed by atoms with Crippen molar-refractivity contribution in [1.82, 2.24) is 0 Å². The van der Waals surface area contributed by atoms with Gasteiger partial charge in [0.2, 0.25) is 0 Å². The monoisotopic (exact) mass is 218 g/mol. The Morgan fingerprint density at radius 3 is 3.00 bits per heavy atom. The molecule has 0 unspecified atom stereocenters. The van der Waals surface area contributed by atoms with Crippen LogP contribution in [0.3, 0.4) is 0 Å². The minimum Gasteiger partial charge on any atom is -0.481 e. The van der Waals surface area contributed by atoms with Gasteiger partial charge < -0.3 is 9.52 Å². The molecular weight excluding hydrogens is 204 g/mol. The third-order valence-electron chi connectivity index (χ3n) is 2.75. The van der Waals surface area contributed by atoms with E-state index in [-0.39, 0.29) is 6.42 Å². The molecule has 3 heteroatoms. The number of carboxylic acid groups (broad SMARTS) is 1. The molecule has 1 heterocycles.